The molecule has 1 aromatic heterocycles. The Hall–Kier alpha value is -6.71. The molecule has 0 saturated carbocycles. The molecule has 2 heterocycles. The van der Waals surface area contributed by atoms with Crippen molar-refractivity contribution in [3.8, 4) is 22.3 Å². The zero-order valence-electron chi connectivity index (χ0n) is 27.8. The molecular weight excluding hydrogens is 621 g/mol. The van der Waals surface area contributed by atoms with E-state index in [9.17, 15) is 0 Å². The summed E-state index contributed by atoms with van der Waals surface area (Å²) < 4.78 is 6.98. The van der Waals surface area contributed by atoms with Gasteiger partial charge in [-0.1, -0.05) is 158 Å². The summed E-state index contributed by atoms with van der Waals surface area (Å²) in [5.41, 5.74) is 11.6. The fraction of sp³-hybridized carbons (Fsp3) is 0.0208. The van der Waals surface area contributed by atoms with E-state index in [2.05, 4.69) is 175 Å². The van der Waals surface area contributed by atoms with Gasteiger partial charge >= 0.3 is 0 Å². The van der Waals surface area contributed by atoms with Gasteiger partial charge in [-0.2, -0.15) is 0 Å². The summed E-state index contributed by atoms with van der Waals surface area (Å²) in [7, 11) is 0. The molecule has 240 valence electrons. The second-order valence-electron chi connectivity index (χ2n) is 13.2. The highest BCUT2D eigenvalue weighted by atomic mass is 16.3. The number of hydrogen-bond donors (Lipinski definition) is 1. The minimum atomic E-state index is -0.238. The minimum Gasteiger partial charge on any atom is -0.455 e. The van der Waals surface area contributed by atoms with Crippen molar-refractivity contribution in [2.75, 3.05) is 0 Å². The van der Waals surface area contributed by atoms with Crippen molar-refractivity contribution in [2.45, 2.75) is 6.17 Å². The first-order chi connectivity index (χ1) is 25.3. The van der Waals surface area contributed by atoms with Gasteiger partial charge in [0.1, 0.15) is 17.3 Å². The summed E-state index contributed by atoms with van der Waals surface area (Å²) in [5.74, 6) is 0. The predicted molar refractivity (Wildman–Crippen MR) is 213 cm³/mol. The number of fused-ring (bicyclic) bond motifs is 6. The first kappa shape index (κ1) is 29.2. The third-order valence-electron chi connectivity index (χ3n) is 10.1. The van der Waals surface area contributed by atoms with E-state index in [1.165, 1.54) is 21.9 Å². The average molecular weight is 653 g/mol. The molecule has 1 atom stereocenters. The third kappa shape index (κ3) is 5.10. The third-order valence-corrected chi connectivity index (χ3v) is 10.1. The maximum atomic E-state index is 6.98. The number of hydrogen-bond acceptors (Lipinski definition) is 3. The van der Waals surface area contributed by atoms with Crippen LogP contribution in [0.15, 0.2) is 191 Å². The number of rotatable bonds is 5. The summed E-state index contributed by atoms with van der Waals surface area (Å²) >= 11 is 0. The lowest BCUT2D eigenvalue weighted by atomic mass is 9.93. The van der Waals surface area contributed by atoms with Gasteiger partial charge in [-0.15, -0.1) is 0 Å². The van der Waals surface area contributed by atoms with E-state index in [0.29, 0.717) is 0 Å². The lowest BCUT2D eigenvalue weighted by molar-refractivity contribution is 0.663. The second-order valence-corrected chi connectivity index (χ2v) is 13.2. The minimum absolute atomic E-state index is 0.238. The van der Waals surface area contributed by atoms with Crippen molar-refractivity contribution in [2.24, 2.45) is 4.99 Å². The molecule has 3 nitrogen and oxygen atoms in total. The molecule has 0 radical (unpaired) electrons. The van der Waals surface area contributed by atoms with Crippen LogP contribution < -0.4 is 5.32 Å². The molecule has 51 heavy (non-hydrogen) atoms. The quantitative estimate of drug-likeness (QED) is 0.201. The van der Waals surface area contributed by atoms with E-state index in [4.69, 9.17) is 9.41 Å². The van der Waals surface area contributed by atoms with Gasteiger partial charge in [0.05, 0.1) is 5.71 Å². The number of allylic oxidation sites excluding steroid dienone is 1. The fourth-order valence-electron chi connectivity index (χ4n) is 7.52. The summed E-state index contributed by atoms with van der Waals surface area (Å²) in [6.07, 6.45) is 1.94. The van der Waals surface area contributed by atoms with Crippen molar-refractivity contribution < 1.29 is 4.42 Å². The van der Waals surface area contributed by atoms with Gasteiger partial charge in [-0.25, -0.2) is 0 Å². The Morgan fingerprint density at radius 1 is 0.451 bits per heavy atom. The Labute approximate surface area is 295 Å². The molecule has 0 aliphatic carbocycles. The van der Waals surface area contributed by atoms with Gasteiger partial charge in [0, 0.05) is 33.0 Å². The predicted octanol–water partition coefficient (Wildman–Crippen LogP) is 12.4. The van der Waals surface area contributed by atoms with Crippen LogP contribution in [0.3, 0.4) is 0 Å². The van der Waals surface area contributed by atoms with E-state index < -0.39 is 0 Å². The highest BCUT2D eigenvalue weighted by molar-refractivity contribution is 6.21. The standard InChI is InChI=1S/C48H32N2O/c1-3-13-35(14-4-1)43-30-44(50-48(49-43)36-15-5-2-6-16-36)41-28-27-40(47-45(41)42-26-25-33-12-9-10-18-39(33)46(42)51-47)34-22-19-32(20-23-34)38-24-21-31-11-7-8-17-37(31)29-38/h1-30,48,50H. The number of nitrogens with zero attached hydrogens (tertiary/aromatic N) is 1. The normalized spacial score (nSPS) is 14.5. The number of nitrogens with one attached hydrogen (secondary N) is 1. The Bertz CT molecular complexity index is 2810. The fourth-order valence-corrected chi connectivity index (χ4v) is 7.52. The molecule has 9 aromatic rings. The highest BCUT2D eigenvalue weighted by Crippen LogP contribution is 2.43. The van der Waals surface area contributed by atoms with E-state index in [-0.39, 0.29) is 6.17 Å². The maximum absolute atomic E-state index is 6.98. The summed E-state index contributed by atoms with van der Waals surface area (Å²) in [6, 6.07) is 62.2. The topological polar surface area (TPSA) is 37.5 Å². The van der Waals surface area contributed by atoms with Gasteiger partial charge in [0.2, 0.25) is 0 Å². The monoisotopic (exact) mass is 652 g/mol. The Balaban J connectivity index is 1.16. The Morgan fingerprint density at radius 2 is 1.10 bits per heavy atom. The number of aliphatic imine (C=N–C) groups is 1. The van der Waals surface area contributed by atoms with Crippen LogP contribution in [0.25, 0.3) is 71.4 Å². The van der Waals surface area contributed by atoms with Crippen LogP contribution in [0.1, 0.15) is 22.9 Å². The van der Waals surface area contributed by atoms with Crippen LogP contribution in [-0.2, 0) is 0 Å². The van der Waals surface area contributed by atoms with Crippen LogP contribution >= 0.6 is 0 Å². The lowest BCUT2D eigenvalue weighted by Gasteiger charge is -2.25. The zero-order valence-corrected chi connectivity index (χ0v) is 27.8. The lowest BCUT2D eigenvalue weighted by Crippen LogP contribution is -2.25. The zero-order chi connectivity index (χ0) is 33.7. The second kappa shape index (κ2) is 12.0. The maximum Gasteiger partial charge on any atom is 0.145 e. The highest BCUT2D eigenvalue weighted by Gasteiger charge is 2.24. The van der Waals surface area contributed by atoms with Crippen LogP contribution in [0.4, 0.5) is 0 Å². The van der Waals surface area contributed by atoms with Crippen LogP contribution in [-0.4, -0.2) is 5.71 Å². The van der Waals surface area contributed by atoms with E-state index in [1.807, 2.05) is 12.1 Å². The largest absolute Gasteiger partial charge is 0.455 e. The van der Waals surface area contributed by atoms with Crippen molar-refractivity contribution in [1.29, 1.82) is 0 Å². The van der Waals surface area contributed by atoms with Crippen molar-refractivity contribution in [3.63, 3.8) is 0 Å². The van der Waals surface area contributed by atoms with Crippen molar-refractivity contribution in [3.05, 3.63) is 199 Å². The van der Waals surface area contributed by atoms with Gasteiger partial charge in [0.15, 0.2) is 0 Å². The summed E-state index contributed by atoms with van der Waals surface area (Å²) in [5, 5.41) is 10.7. The SMILES string of the molecule is C1=C(c2ccc(-c3ccc(-c4ccc5ccccc5c4)cc3)c3oc4c5ccccc5ccc4c23)NC(c2ccccc2)N=C1c1ccccc1. The van der Waals surface area contributed by atoms with E-state index in [0.717, 1.165) is 71.9 Å². The van der Waals surface area contributed by atoms with Crippen molar-refractivity contribution in [1.82, 2.24) is 5.32 Å². The molecule has 0 saturated heterocycles. The van der Waals surface area contributed by atoms with Crippen LogP contribution in [0.5, 0.6) is 0 Å². The van der Waals surface area contributed by atoms with Gasteiger partial charge in [-0.3, -0.25) is 4.99 Å². The van der Waals surface area contributed by atoms with Crippen LogP contribution in [0.2, 0.25) is 0 Å². The molecule has 10 rings (SSSR count). The molecular formula is C48H32N2O. The first-order valence-corrected chi connectivity index (χ1v) is 17.4. The van der Waals surface area contributed by atoms with Crippen molar-refractivity contribution >= 4 is 54.9 Å². The Morgan fingerprint density at radius 3 is 1.92 bits per heavy atom. The molecule has 0 fully saturated rings. The molecule has 1 N–H and O–H groups in total. The van der Waals surface area contributed by atoms with Crippen LogP contribution in [0, 0.1) is 0 Å². The molecule has 1 aliphatic rings. The molecule has 0 bridgehead atoms. The number of furan rings is 1. The van der Waals surface area contributed by atoms with Gasteiger partial charge in [-0.05, 0) is 68.3 Å². The summed E-state index contributed by atoms with van der Waals surface area (Å²) in [4.78, 5) is 5.19. The first-order valence-electron chi connectivity index (χ1n) is 17.4. The molecule has 1 aliphatic heterocycles. The molecule has 8 aromatic carbocycles. The van der Waals surface area contributed by atoms with E-state index in [1.54, 1.807) is 0 Å². The van der Waals surface area contributed by atoms with E-state index >= 15 is 0 Å². The Kier molecular flexibility index (Phi) is 6.88. The van der Waals surface area contributed by atoms with Gasteiger partial charge < -0.3 is 9.73 Å². The van der Waals surface area contributed by atoms with Gasteiger partial charge in [0.25, 0.3) is 0 Å². The molecule has 3 heteroatoms. The smallest absolute Gasteiger partial charge is 0.145 e. The summed E-state index contributed by atoms with van der Waals surface area (Å²) in [6.45, 7) is 0. The average Bonchev–Trinajstić information content (AvgIpc) is 3.61. The molecule has 0 spiro atoms. The number of benzene rings is 8. The molecule has 1 unspecified atom stereocenters. The molecule has 0 amide bonds.